The monoisotopic (exact) mass is 300 g/mol. The summed E-state index contributed by atoms with van der Waals surface area (Å²) >= 11 is 6.22. The van der Waals surface area contributed by atoms with Crippen molar-refractivity contribution < 1.29 is 0 Å². The molecule has 104 valence electrons. The van der Waals surface area contributed by atoms with Crippen LogP contribution in [-0.2, 0) is 5.88 Å². The highest BCUT2D eigenvalue weighted by Crippen LogP contribution is 2.40. The van der Waals surface area contributed by atoms with Gasteiger partial charge in [0.25, 0.3) is 0 Å². The molecule has 5 aromatic carbocycles. The number of alkyl halides is 1. The van der Waals surface area contributed by atoms with Crippen LogP contribution in [0.15, 0.2) is 66.7 Å². The Bertz CT molecular complexity index is 1150. The number of hydrogen-bond donors (Lipinski definition) is 0. The highest BCUT2D eigenvalue weighted by atomic mass is 35.5. The minimum Gasteiger partial charge on any atom is -0.122 e. The van der Waals surface area contributed by atoms with E-state index in [1.165, 1.54) is 48.7 Å². The van der Waals surface area contributed by atoms with E-state index in [9.17, 15) is 0 Å². The van der Waals surface area contributed by atoms with Gasteiger partial charge < -0.3 is 0 Å². The molecule has 0 bridgehead atoms. The molecule has 0 saturated heterocycles. The molecule has 0 unspecified atom stereocenters. The maximum Gasteiger partial charge on any atom is 0.0480 e. The molecule has 22 heavy (non-hydrogen) atoms. The first-order valence-corrected chi connectivity index (χ1v) is 8.04. The molecule has 0 heterocycles. The van der Waals surface area contributed by atoms with Crippen molar-refractivity contribution in [3.8, 4) is 0 Å². The molecule has 0 aromatic heterocycles. The molecule has 0 amide bonds. The minimum absolute atomic E-state index is 0.543. The van der Waals surface area contributed by atoms with Crippen LogP contribution in [0.1, 0.15) is 5.56 Å². The summed E-state index contributed by atoms with van der Waals surface area (Å²) in [4.78, 5) is 0. The molecule has 0 aliphatic rings. The normalized spacial score (nSPS) is 12.0. The standard InChI is InChI=1S/C21H13Cl/c22-12-16-11-15-10-14-4-1-2-6-17(14)19-9-8-13-5-3-7-18(16)20(13)21(15)19/h1-11H,12H2. The Morgan fingerprint density at radius 3 is 2.27 bits per heavy atom. The van der Waals surface area contributed by atoms with E-state index in [1.54, 1.807) is 0 Å². The van der Waals surface area contributed by atoms with Gasteiger partial charge in [0.2, 0.25) is 0 Å². The maximum atomic E-state index is 6.22. The predicted octanol–water partition coefficient (Wildman–Crippen LogP) is 6.48. The van der Waals surface area contributed by atoms with E-state index in [0.717, 1.165) is 0 Å². The average Bonchev–Trinajstić information content (AvgIpc) is 2.58. The van der Waals surface area contributed by atoms with Crippen LogP contribution in [0, 0.1) is 0 Å². The summed E-state index contributed by atoms with van der Waals surface area (Å²) in [6.45, 7) is 0. The van der Waals surface area contributed by atoms with Gasteiger partial charge in [0.05, 0.1) is 0 Å². The number of benzene rings is 5. The van der Waals surface area contributed by atoms with Gasteiger partial charge in [0.15, 0.2) is 0 Å². The summed E-state index contributed by atoms with van der Waals surface area (Å²) in [6.07, 6.45) is 0. The van der Waals surface area contributed by atoms with Gasteiger partial charge >= 0.3 is 0 Å². The summed E-state index contributed by atoms with van der Waals surface area (Å²) < 4.78 is 0. The van der Waals surface area contributed by atoms with Gasteiger partial charge in [0.1, 0.15) is 0 Å². The third kappa shape index (κ3) is 1.48. The van der Waals surface area contributed by atoms with Gasteiger partial charge in [-0.2, -0.15) is 0 Å². The molecule has 0 aliphatic heterocycles. The van der Waals surface area contributed by atoms with Crippen molar-refractivity contribution in [1.82, 2.24) is 0 Å². The van der Waals surface area contributed by atoms with Crippen LogP contribution in [0.4, 0.5) is 0 Å². The molecule has 0 saturated carbocycles. The zero-order valence-corrected chi connectivity index (χ0v) is 12.7. The Morgan fingerprint density at radius 1 is 0.591 bits per heavy atom. The highest BCUT2D eigenvalue weighted by molar-refractivity contribution is 6.30. The van der Waals surface area contributed by atoms with E-state index in [4.69, 9.17) is 11.6 Å². The molecule has 0 aliphatic carbocycles. The molecular weight excluding hydrogens is 288 g/mol. The SMILES string of the molecule is ClCc1cc2cc3ccccc3c3ccc4cccc1c4c23. The fourth-order valence-electron chi connectivity index (χ4n) is 3.77. The van der Waals surface area contributed by atoms with Crippen molar-refractivity contribution in [2.75, 3.05) is 0 Å². The van der Waals surface area contributed by atoms with Gasteiger partial charge in [-0.05, 0) is 60.8 Å². The zero-order chi connectivity index (χ0) is 14.7. The van der Waals surface area contributed by atoms with E-state index in [-0.39, 0.29) is 0 Å². The number of hydrogen-bond acceptors (Lipinski definition) is 0. The van der Waals surface area contributed by atoms with Gasteiger partial charge in [0, 0.05) is 5.88 Å². The van der Waals surface area contributed by atoms with E-state index in [0.29, 0.717) is 5.88 Å². The first kappa shape index (κ1) is 12.3. The summed E-state index contributed by atoms with van der Waals surface area (Å²) in [6, 6.07) is 24.1. The molecule has 0 fully saturated rings. The molecule has 5 aromatic rings. The Morgan fingerprint density at radius 2 is 1.36 bits per heavy atom. The molecular formula is C21H13Cl. The lowest BCUT2D eigenvalue weighted by atomic mass is 9.89. The number of rotatable bonds is 1. The molecule has 1 heteroatoms. The predicted molar refractivity (Wildman–Crippen MR) is 97.2 cm³/mol. The molecule has 0 N–H and O–H groups in total. The summed E-state index contributed by atoms with van der Waals surface area (Å²) in [7, 11) is 0. The van der Waals surface area contributed by atoms with Crippen LogP contribution in [0.5, 0.6) is 0 Å². The van der Waals surface area contributed by atoms with Gasteiger partial charge in [-0.25, -0.2) is 0 Å². The van der Waals surface area contributed by atoms with E-state index in [1.807, 2.05) is 0 Å². The molecule has 0 spiro atoms. The third-order valence-corrected chi connectivity index (χ3v) is 5.00. The number of halogens is 1. The van der Waals surface area contributed by atoms with E-state index < -0.39 is 0 Å². The average molecular weight is 301 g/mol. The Hall–Kier alpha value is -2.31. The van der Waals surface area contributed by atoms with Crippen LogP contribution in [0.3, 0.4) is 0 Å². The second kappa shape index (κ2) is 4.34. The van der Waals surface area contributed by atoms with Gasteiger partial charge in [-0.15, -0.1) is 11.6 Å². The van der Waals surface area contributed by atoms with Crippen molar-refractivity contribution in [2.24, 2.45) is 0 Å². The highest BCUT2D eigenvalue weighted by Gasteiger charge is 2.13. The summed E-state index contributed by atoms with van der Waals surface area (Å²) in [5.41, 5.74) is 1.21. The topological polar surface area (TPSA) is 0 Å². The van der Waals surface area contributed by atoms with E-state index in [2.05, 4.69) is 66.7 Å². The van der Waals surface area contributed by atoms with Crippen molar-refractivity contribution >= 4 is 54.7 Å². The lowest BCUT2D eigenvalue weighted by Crippen LogP contribution is -1.89. The first-order chi connectivity index (χ1) is 10.9. The molecule has 5 rings (SSSR count). The van der Waals surface area contributed by atoms with Crippen LogP contribution in [0.25, 0.3) is 43.1 Å². The van der Waals surface area contributed by atoms with Crippen molar-refractivity contribution in [2.45, 2.75) is 5.88 Å². The Kier molecular flexibility index (Phi) is 2.42. The maximum absolute atomic E-state index is 6.22. The minimum atomic E-state index is 0.543. The summed E-state index contributed by atoms with van der Waals surface area (Å²) in [5, 5.41) is 10.5. The van der Waals surface area contributed by atoms with Crippen LogP contribution >= 0.6 is 11.6 Å². The smallest absolute Gasteiger partial charge is 0.0480 e. The van der Waals surface area contributed by atoms with Crippen LogP contribution < -0.4 is 0 Å². The van der Waals surface area contributed by atoms with Gasteiger partial charge in [-0.1, -0.05) is 54.6 Å². The van der Waals surface area contributed by atoms with E-state index >= 15 is 0 Å². The van der Waals surface area contributed by atoms with Crippen LogP contribution in [0.2, 0.25) is 0 Å². The lowest BCUT2D eigenvalue weighted by molar-refractivity contribution is 1.47. The van der Waals surface area contributed by atoms with Crippen molar-refractivity contribution in [3.05, 3.63) is 72.3 Å². The largest absolute Gasteiger partial charge is 0.122 e. The van der Waals surface area contributed by atoms with Crippen LogP contribution in [-0.4, -0.2) is 0 Å². The molecule has 0 radical (unpaired) electrons. The van der Waals surface area contributed by atoms with Gasteiger partial charge in [-0.3, -0.25) is 0 Å². The number of fused-ring (bicyclic) bond motifs is 2. The second-order valence-electron chi connectivity index (χ2n) is 5.88. The Balaban J connectivity index is 2.19. The fraction of sp³-hybridized carbons (Fsp3) is 0.0476. The molecule has 0 atom stereocenters. The van der Waals surface area contributed by atoms with Crippen molar-refractivity contribution in [3.63, 3.8) is 0 Å². The molecule has 0 nitrogen and oxygen atoms in total. The second-order valence-corrected chi connectivity index (χ2v) is 6.15. The van der Waals surface area contributed by atoms with Crippen molar-refractivity contribution in [1.29, 1.82) is 0 Å². The quantitative estimate of drug-likeness (QED) is 0.189. The lowest BCUT2D eigenvalue weighted by Gasteiger charge is -2.15. The third-order valence-electron chi connectivity index (χ3n) is 4.72. The fourth-order valence-corrected chi connectivity index (χ4v) is 3.99. The first-order valence-electron chi connectivity index (χ1n) is 7.51. The summed E-state index contributed by atoms with van der Waals surface area (Å²) in [5.74, 6) is 0.543. The Labute approximate surface area is 133 Å². The zero-order valence-electron chi connectivity index (χ0n) is 11.9.